The number of nitrogens with one attached hydrogen (secondary N) is 3. The summed E-state index contributed by atoms with van der Waals surface area (Å²) in [7, 11) is 0. The summed E-state index contributed by atoms with van der Waals surface area (Å²) >= 11 is 5.75. The van der Waals surface area contributed by atoms with Crippen LogP contribution in [-0.2, 0) is 11.3 Å². The lowest BCUT2D eigenvalue weighted by molar-refractivity contribution is -0.122. The minimum atomic E-state index is 0.163. The summed E-state index contributed by atoms with van der Waals surface area (Å²) in [5, 5.41) is 9.75. The van der Waals surface area contributed by atoms with Gasteiger partial charge in [-0.1, -0.05) is 17.7 Å². The second-order valence-corrected chi connectivity index (χ2v) is 5.56. The van der Waals surface area contributed by atoms with E-state index in [2.05, 4.69) is 25.9 Å². The van der Waals surface area contributed by atoms with Crippen LogP contribution in [0.4, 0.5) is 0 Å². The molecule has 0 radical (unpaired) electrons. The third-order valence-corrected chi connectivity index (χ3v) is 3.44. The first-order chi connectivity index (χ1) is 10.7. The molecule has 0 bridgehead atoms. The zero-order valence-corrected chi connectivity index (χ0v) is 13.5. The fourth-order valence-corrected chi connectivity index (χ4v) is 1.98. The van der Waals surface area contributed by atoms with Crippen LogP contribution < -0.4 is 16.0 Å². The van der Waals surface area contributed by atoms with Crippen LogP contribution in [0.15, 0.2) is 23.3 Å². The second-order valence-electron chi connectivity index (χ2n) is 5.18. The Morgan fingerprint density at radius 2 is 2.09 bits per heavy atom. The van der Waals surface area contributed by atoms with E-state index in [1.165, 1.54) is 0 Å². The van der Waals surface area contributed by atoms with Gasteiger partial charge in [-0.25, -0.2) is 9.98 Å². The maximum atomic E-state index is 11.5. The van der Waals surface area contributed by atoms with Crippen LogP contribution in [-0.4, -0.2) is 36.5 Å². The van der Waals surface area contributed by atoms with Gasteiger partial charge >= 0.3 is 0 Å². The van der Waals surface area contributed by atoms with E-state index in [-0.39, 0.29) is 11.8 Å². The topological polar surface area (TPSA) is 78.4 Å². The molecule has 2 rings (SSSR count). The van der Waals surface area contributed by atoms with E-state index in [0.29, 0.717) is 24.8 Å². The van der Waals surface area contributed by atoms with Gasteiger partial charge in [0.05, 0.1) is 6.54 Å². The highest BCUT2D eigenvalue weighted by molar-refractivity contribution is 6.29. The van der Waals surface area contributed by atoms with Crippen molar-refractivity contribution in [2.75, 3.05) is 19.6 Å². The predicted octanol–water partition coefficient (Wildman–Crippen LogP) is 1.32. The van der Waals surface area contributed by atoms with Crippen molar-refractivity contribution in [3.8, 4) is 0 Å². The lowest BCUT2D eigenvalue weighted by atomic mass is 10.3. The number of guanidine groups is 1. The molecule has 0 spiro atoms. The Kier molecular flexibility index (Phi) is 6.45. The number of halogens is 1. The first-order valence-electron chi connectivity index (χ1n) is 7.59. The molecule has 1 amide bonds. The van der Waals surface area contributed by atoms with Crippen LogP contribution >= 0.6 is 11.6 Å². The summed E-state index contributed by atoms with van der Waals surface area (Å²) in [5.74, 6) is 1.13. The molecule has 0 saturated heterocycles. The van der Waals surface area contributed by atoms with Crippen LogP contribution in [0.25, 0.3) is 0 Å². The summed E-state index contributed by atoms with van der Waals surface area (Å²) in [4.78, 5) is 20.0. The van der Waals surface area contributed by atoms with Gasteiger partial charge in [-0.15, -0.1) is 0 Å². The molecular formula is C15H22ClN5O. The van der Waals surface area contributed by atoms with Crippen molar-refractivity contribution in [2.45, 2.75) is 26.3 Å². The second kappa shape index (κ2) is 8.58. The minimum Gasteiger partial charge on any atom is -0.357 e. The molecular weight excluding hydrogens is 302 g/mol. The molecule has 22 heavy (non-hydrogen) atoms. The first kappa shape index (κ1) is 16.5. The number of rotatable bonds is 7. The zero-order valence-electron chi connectivity index (χ0n) is 12.7. The van der Waals surface area contributed by atoms with Gasteiger partial charge in [-0.3, -0.25) is 4.79 Å². The number of carbonyl (C=O) groups excluding carboxylic acids is 1. The number of hydrogen-bond donors (Lipinski definition) is 3. The summed E-state index contributed by atoms with van der Waals surface area (Å²) in [6.07, 6.45) is 3.77. The summed E-state index contributed by atoms with van der Waals surface area (Å²) in [6.45, 7) is 4.55. The third-order valence-electron chi connectivity index (χ3n) is 3.22. The van der Waals surface area contributed by atoms with Crippen molar-refractivity contribution < 1.29 is 4.79 Å². The highest BCUT2D eigenvalue weighted by atomic mass is 35.5. The Balaban J connectivity index is 1.73. The standard InChI is InChI=1S/C15H22ClN5O/c1-2-17-15(19-8-7-18-14(22)12-4-5-12)21-10-11-3-6-13(16)20-9-11/h3,6,9,12H,2,4-5,7-8,10H2,1H3,(H,18,22)(H2,17,19,21). The number of aliphatic imine (C=N–C) groups is 1. The summed E-state index contributed by atoms with van der Waals surface area (Å²) < 4.78 is 0. The Hall–Kier alpha value is -1.82. The highest BCUT2D eigenvalue weighted by Crippen LogP contribution is 2.28. The number of hydrogen-bond acceptors (Lipinski definition) is 3. The van der Waals surface area contributed by atoms with Crippen LogP contribution in [0.2, 0.25) is 5.15 Å². The van der Waals surface area contributed by atoms with Gasteiger partial charge in [0.2, 0.25) is 5.91 Å². The molecule has 1 aliphatic rings. The molecule has 3 N–H and O–H groups in total. The van der Waals surface area contributed by atoms with Crippen molar-refractivity contribution in [3.63, 3.8) is 0 Å². The third kappa shape index (κ3) is 5.89. The fourth-order valence-electron chi connectivity index (χ4n) is 1.87. The number of nitrogens with zero attached hydrogens (tertiary/aromatic N) is 2. The molecule has 6 nitrogen and oxygen atoms in total. The first-order valence-corrected chi connectivity index (χ1v) is 7.97. The number of carbonyl (C=O) groups is 1. The van der Waals surface area contributed by atoms with Crippen LogP contribution in [0.3, 0.4) is 0 Å². The molecule has 1 aromatic heterocycles. The van der Waals surface area contributed by atoms with Gasteiger partial charge < -0.3 is 16.0 Å². The lowest BCUT2D eigenvalue weighted by Crippen LogP contribution is -2.41. The molecule has 1 fully saturated rings. The van der Waals surface area contributed by atoms with E-state index in [1.807, 2.05) is 13.0 Å². The average Bonchev–Trinajstić information content (AvgIpc) is 3.35. The number of pyridine rings is 1. The van der Waals surface area contributed by atoms with E-state index in [0.717, 1.165) is 30.9 Å². The zero-order chi connectivity index (χ0) is 15.8. The summed E-state index contributed by atoms with van der Waals surface area (Å²) in [6, 6.07) is 3.65. The van der Waals surface area contributed by atoms with Crippen LogP contribution in [0.5, 0.6) is 0 Å². The van der Waals surface area contributed by atoms with Crippen molar-refractivity contribution in [1.29, 1.82) is 0 Å². The van der Waals surface area contributed by atoms with Gasteiger partial charge in [0.15, 0.2) is 5.96 Å². The molecule has 0 aliphatic heterocycles. The van der Waals surface area contributed by atoms with E-state index in [9.17, 15) is 4.79 Å². The van der Waals surface area contributed by atoms with Gasteiger partial charge in [0.1, 0.15) is 5.15 Å². The van der Waals surface area contributed by atoms with Crippen LogP contribution in [0, 0.1) is 5.92 Å². The number of amides is 1. The molecule has 0 atom stereocenters. The van der Waals surface area contributed by atoms with Crippen molar-refractivity contribution in [3.05, 3.63) is 29.0 Å². The van der Waals surface area contributed by atoms with E-state index >= 15 is 0 Å². The maximum absolute atomic E-state index is 11.5. The minimum absolute atomic E-state index is 0.163. The quantitative estimate of drug-likeness (QED) is 0.306. The average molecular weight is 324 g/mol. The molecule has 0 unspecified atom stereocenters. The van der Waals surface area contributed by atoms with E-state index in [1.54, 1.807) is 12.3 Å². The van der Waals surface area contributed by atoms with Gasteiger partial charge in [-0.2, -0.15) is 0 Å². The molecule has 1 aromatic rings. The van der Waals surface area contributed by atoms with Crippen LogP contribution in [0.1, 0.15) is 25.3 Å². The van der Waals surface area contributed by atoms with E-state index in [4.69, 9.17) is 11.6 Å². The maximum Gasteiger partial charge on any atom is 0.223 e. The molecule has 120 valence electrons. The molecule has 1 aliphatic carbocycles. The normalized spacial score (nSPS) is 14.5. The van der Waals surface area contributed by atoms with E-state index < -0.39 is 0 Å². The van der Waals surface area contributed by atoms with Gasteiger partial charge in [0.25, 0.3) is 0 Å². The highest BCUT2D eigenvalue weighted by Gasteiger charge is 2.28. The number of aromatic nitrogens is 1. The SMILES string of the molecule is CCNC(=NCc1ccc(Cl)nc1)NCCNC(=O)C1CC1. The smallest absolute Gasteiger partial charge is 0.223 e. The van der Waals surface area contributed by atoms with Crippen molar-refractivity contribution >= 4 is 23.5 Å². The van der Waals surface area contributed by atoms with Crippen molar-refractivity contribution in [2.24, 2.45) is 10.9 Å². The molecule has 1 saturated carbocycles. The molecule has 0 aromatic carbocycles. The monoisotopic (exact) mass is 323 g/mol. The molecule has 7 heteroatoms. The Labute approximate surface area is 135 Å². The fraction of sp³-hybridized carbons (Fsp3) is 0.533. The van der Waals surface area contributed by atoms with Crippen molar-refractivity contribution in [1.82, 2.24) is 20.9 Å². The molecule has 1 heterocycles. The lowest BCUT2D eigenvalue weighted by Gasteiger charge is -2.11. The van der Waals surface area contributed by atoms with Gasteiger partial charge in [-0.05, 0) is 31.4 Å². The van der Waals surface area contributed by atoms with Gasteiger partial charge in [0, 0.05) is 31.7 Å². The Morgan fingerprint density at radius 1 is 1.32 bits per heavy atom. The summed E-state index contributed by atoms with van der Waals surface area (Å²) in [5.41, 5.74) is 0.989. The Bertz CT molecular complexity index is 513. The largest absolute Gasteiger partial charge is 0.357 e. The predicted molar refractivity (Wildman–Crippen MR) is 87.8 cm³/mol. The Morgan fingerprint density at radius 3 is 2.73 bits per heavy atom.